The Bertz CT molecular complexity index is 897. The molecule has 0 unspecified atom stereocenters. The van der Waals surface area contributed by atoms with Gasteiger partial charge in [0.05, 0.1) is 24.6 Å². The molecule has 134 valence electrons. The van der Waals surface area contributed by atoms with Crippen molar-refractivity contribution >= 4 is 23.2 Å². The first-order valence-corrected chi connectivity index (χ1v) is 8.46. The monoisotopic (exact) mass is 372 g/mol. The van der Waals surface area contributed by atoms with Crippen LogP contribution in [0.2, 0.25) is 5.02 Å². The zero-order valence-electron chi connectivity index (χ0n) is 14.2. The summed E-state index contributed by atoms with van der Waals surface area (Å²) in [4.78, 5) is 12.5. The zero-order valence-corrected chi connectivity index (χ0v) is 14.9. The third-order valence-electron chi connectivity index (χ3n) is 4.05. The number of amides is 1. The SMILES string of the molecule is COc1cccc([C@@H](CC(=O)Nc2ccc(F)c(Cl)c2)n2cccc2)c1. The third-order valence-corrected chi connectivity index (χ3v) is 4.34. The quantitative estimate of drug-likeness (QED) is 0.668. The van der Waals surface area contributed by atoms with E-state index in [1.807, 2.05) is 53.4 Å². The first-order valence-electron chi connectivity index (χ1n) is 8.08. The zero-order chi connectivity index (χ0) is 18.5. The Labute approximate surface area is 156 Å². The molecule has 26 heavy (non-hydrogen) atoms. The molecule has 3 rings (SSSR count). The number of nitrogens with one attached hydrogen (secondary N) is 1. The summed E-state index contributed by atoms with van der Waals surface area (Å²) in [5.41, 5.74) is 1.41. The van der Waals surface area contributed by atoms with Gasteiger partial charge in [0.2, 0.25) is 5.91 Å². The number of aromatic nitrogens is 1. The average molecular weight is 373 g/mol. The van der Waals surface area contributed by atoms with Crippen LogP contribution in [0, 0.1) is 5.82 Å². The van der Waals surface area contributed by atoms with Crippen LogP contribution in [0.1, 0.15) is 18.0 Å². The molecule has 6 heteroatoms. The topological polar surface area (TPSA) is 43.3 Å². The Hall–Kier alpha value is -2.79. The first-order chi connectivity index (χ1) is 12.6. The number of hydrogen-bond acceptors (Lipinski definition) is 2. The molecule has 0 aliphatic carbocycles. The summed E-state index contributed by atoms with van der Waals surface area (Å²) in [6.07, 6.45) is 4.02. The number of benzene rings is 2. The maximum atomic E-state index is 13.3. The van der Waals surface area contributed by atoms with Crippen LogP contribution in [0.4, 0.5) is 10.1 Å². The Morgan fingerprint density at radius 1 is 1.19 bits per heavy atom. The standard InChI is InChI=1S/C20H18ClFN2O2/c1-26-16-6-4-5-14(11-16)19(24-9-2-3-10-24)13-20(25)23-15-7-8-18(22)17(21)12-15/h2-12,19H,13H2,1H3,(H,23,25)/t19-/m1/s1. The van der Waals surface area contributed by atoms with Gasteiger partial charge in [-0.05, 0) is 48.0 Å². The van der Waals surface area contributed by atoms with Gasteiger partial charge in [0.1, 0.15) is 11.6 Å². The number of carbonyl (C=O) groups excluding carboxylic acids is 1. The maximum Gasteiger partial charge on any atom is 0.226 e. The van der Waals surface area contributed by atoms with Crippen molar-refractivity contribution in [1.82, 2.24) is 4.57 Å². The predicted molar refractivity (Wildman–Crippen MR) is 100 cm³/mol. The summed E-state index contributed by atoms with van der Waals surface area (Å²) in [7, 11) is 1.61. The van der Waals surface area contributed by atoms with Gasteiger partial charge in [0, 0.05) is 18.1 Å². The first kappa shape index (κ1) is 18.0. The summed E-state index contributed by atoms with van der Waals surface area (Å²) < 4.78 is 20.5. The second kappa shape index (κ2) is 8.06. The van der Waals surface area contributed by atoms with Gasteiger partial charge in [-0.1, -0.05) is 23.7 Å². The highest BCUT2D eigenvalue weighted by molar-refractivity contribution is 6.31. The summed E-state index contributed by atoms with van der Waals surface area (Å²) in [6.45, 7) is 0. The van der Waals surface area contributed by atoms with Crippen LogP contribution < -0.4 is 10.1 Å². The van der Waals surface area contributed by atoms with Crippen LogP contribution in [-0.4, -0.2) is 17.6 Å². The highest BCUT2D eigenvalue weighted by Crippen LogP contribution is 2.27. The Morgan fingerprint density at radius 2 is 1.96 bits per heavy atom. The van der Waals surface area contributed by atoms with Crippen molar-refractivity contribution in [3.8, 4) is 5.75 Å². The highest BCUT2D eigenvalue weighted by atomic mass is 35.5. The molecule has 0 spiro atoms. The minimum Gasteiger partial charge on any atom is -0.497 e. The van der Waals surface area contributed by atoms with Crippen molar-refractivity contribution in [3.05, 3.63) is 83.4 Å². The van der Waals surface area contributed by atoms with Gasteiger partial charge in [0.25, 0.3) is 0 Å². The van der Waals surface area contributed by atoms with Gasteiger partial charge in [-0.3, -0.25) is 4.79 Å². The lowest BCUT2D eigenvalue weighted by molar-refractivity contribution is -0.116. The maximum absolute atomic E-state index is 13.3. The van der Waals surface area contributed by atoms with Gasteiger partial charge < -0.3 is 14.6 Å². The Morgan fingerprint density at radius 3 is 2.65 bits per heavy atom. The number of rotatable bonds is 6. The molecule has 1 heterocycles. The fraction of sp³-hybridized carbons (Fsp3) is 0.150. The molecular formula is C20H18ClFN2O2. The highest BCUT2D eigenvalue weighted by Gasteiger charge is 2.18. The van der Waals surface area contributed by atoms with Crippen molar-refractivity contribution in [2.75, 3.05) is 12.4 Å². The lowest BCUT2D eigenvalue weighted by atomic mass is 10.0. The summed E-state index contributed by atoms with van der Waals surface area (Å²) in [6, 6.07) is 15.3. The molecule has 0 bridgehead atoms. The largest absolute Gasteiger partial charge is 0.497 e. The van der Waals surface area contributed by atoms with Crippen molar-refractivity contribution in [2.24, 2.45) is 0 Å². The fourth-order valence-electron chi connectivity index (χ4n) is 2.76. The number of halogens is 2. The van der Waals surface area contributed by atoms with Gasteiger partial charge in [-0.2, -0.15) is 0 Å². The Kier molecular flexibility index (Phi) is 5.58. The van der Waals surface area contributed by atoms with Crippen molar-refractivity contribution in [2.45, 2.75) is 12.5 Å². The number of nitrogens with zero attached hydrogens (tertiary/aromatic N) is 1. The second-order valence-corrected chi connectivity index (χ2v) is 6.21. The van der Waals surface area contributed by atoms with E-state index >= 15 is 0 Å². The van der Waals surface area contributed by atoms with Crippen molar-refractivity contribution in [1.29, 1.82) is 0 Å². The smallest absolute Gasteiger partial charge is 0.226 e. The fourth-order valence-corrected chi connectivity index (χ4v) is 2.94. The molecule has 1 amide bonds. The number of ether oxygens (including phenoxy) is 1. The molecule has 1 atom stereocenters. The molecule has 1 aromatic heterocycles. The minimum absolute atomic E-state index is 0.0300. The molecule has 3 aromatic rings. The molecule has 0 saturated heterocycles. The van der Waals surface area contributed by atoms with Gasteiger partial charge in [-0.25, -0.2) is 4.39 Å². The van der Waals surface area contributed by atoms with Gasteiger partial charge in [0.15, 0.2) is 0 Å². The van der Waals surface area contributed by atoms with Gasteiger partial charge >= 0.3 is 0 Å². The second-order valence-electron chi connectivity index (χ2n) is 5.80. The van der Waals surface area contributed by atoms with E-state index in [9.17, 15) is 9.18 Å². The van der Waals surface area contributed by atoms with E-state index in [1.165, 1.54) is 18.2 Å². The summed E-state index contributed by atoms with van der Waals surface area (Å²) in [5.74, 6) is 0.00541. The van der Waals surface area contributed by atoms with E-state index in [0.29, 0.717) is 5.69 Å². The van der Waals surface area contributed by atoms with Crippen molar-refractivity contribution in [3.63, 3.8) is 0 Å². The number of hydrogen-bond donors (Lipinski definition) is 1. The molecular weight excluding hydrogens is 355 g/mol. The molecule has 0 fully saturated rings. The van der Waals surface area contributed by atoms with Crippen LogP contribution in [0.25, 0.3) is 0 Å². The molecule has 0 saturated carbocycles. The lowest BCUT2D eigenvalue weighted by Gasteiger charge is -2.20. The summed E-state index contributed by atoms with van der Waals surface area (Å²) in [5, 5.41) is 2.74. The van der Waals surface area contributed by atoms with E-state index in [2.05, 4.69) is 5.32 Å². The number of carbonyl (C=O) groups is 1. The molecule has 0 aliphatic rings. The van der Waals surface area contributed by atoms with E-state index in [1.54, 1.807) is 7.11 Å². The number of anilines is 1. The normalized spacial score (nSPS) is 11.8. The van der Waals surface area contributed by atoms with E-state index < -0.39 is 5.82 Å². The van der Waals surface area contributed by atoms with Crippen LogP contribution in [0.15, 0.2) is 67.0 Å². The van der Waals surface area contributed by atoms with E-state index in [-0.39, 0.29) is 23.4 Å². The Balaban J connectivity index is 1.81. The van der Waals surface area contributed by atoms with Crippen molar-refractivity contribution < 1.29 is 13.9 Å². The molecule has 0 aliphatic heterocycles. The third kappa shape index (κ3) is 4.24. The molecule has 4 nitrogen and oxygen atoms in total. The molecule has 1 N–H and O–H groups in total. The van der Waals surface area contributed by atoms with E-state index in [0.717, 1.165) is 11.3 Å². The van der Waals surface area contributed by atoms with Crippen LogP contribution in [-0.2, 0) is 4.79 Å². The van der Waals surface area contributed by atoms with E-state index in [4.69, 9.17) is 16.3 Å². The molecule has 0 radical (unpaired) electrons. The van der Waals surface area contributed by atoms with Crippen LogP contribution >= 0.6 is 11.6 Å². The van der Waals surface area contributed by atoms with Gasteiger partial charge in [-0.15, -0.1) is 0 Å². The number of methoxy groups -OCH3 is 1. The van der Waals surface area contributed by atoms with Crippen LogP contribution in [0.3, 0.4) is 0 Å². The molecule has 2 aromatic carbocycles. The lowest BCUT2D eigenvalue weighted by Crippen LogP contribution is -2.19. The average Bonchev–Trinajstić information content (AvgIpc) is 3.17. The predicted octanol–water partition coefficient (Wildman–Crippen LogP) is 4.91. The summed E-state index contributed by atoms with van der Waals surface area (Å²) >= 11 is 5.77. The minimum atomic E-state index is -0.522. The van der Waals surface area contributed by atoms with Crippen LogP contribution in [0.5, 0.6) is 5.75 Å².